The summed E-state index contributed by atoms with van der Waals surface area (Å²) in [5, 5.41) is 0. The first-order valence-corrected chi connectivity index (χ1v) is 14.3. The molecule has 0 bridgehead atoms. The van der Waals surface area contributed by atoms with Crippen LogP contribution in [0.4, 0.5) is 0 Å². The zero-order valence-corrected chi connectivity index (χ0v) is 14.7. The molecule has 1 aromatic carbocycles. The monoisotopic (exact) mass is 246 g/mol. The van der Waals surface area contributed by atoms with Crippen molar-refractivity contribution in [1.29, 1.82) is 0 Å². The molecule has 0 radical (unpaired) electrons. The van der Waals surface area contributed by atoms with E-state index in [1.54, 1.807) is 0 Å². The Hall–Kier alpha value is 0.161. The van der Waals surface area contributed by atoms with Gasteiger partial charge in [0.2, 0.25) is 0 Å². The Morgan fingerprint density at radius 1 is 1.23 bits per heavy atom. The summed E-state index contributed by atoms with van der Waals surface area (Å²) in [6, 6.07) is 12.3. The van der Waals surface area contributed by atoms with E-state index in [1.807, 2.05) is 0 Å². The average Bonchev–Trinajstić information content (AvgIpc) is 2.19. The molecule has 0 saturated carbocycles. The summed E-state index contributed by atoms with van der Waals surface area (Å²) in [7, 11) is 2.04. The lowest BCUT2D eigenvalue weighted by Crippen LogP contribution is -2.07. The van der Waals surface area contributed by atoms with Gasteiger partial charge in [0.05, 0.1) is 0 Å². The second kappa shape index (κ2) is 8.75. The lowest BCUT2D eigenvalue weighted by atomic mass is 10.2. The van der Waals surface area contributed by atoms with Crippen molar-refractivity contribution in [3.8, 4) is 0 Å². The summed E-state index contributed by atoms with van der Waals surface area (Å²) in [5.74, 6) is 0. The van der Waals surface area contributed by atoms with Crippen molar-refractivity contribution in [3.63, 3.8) is 0 Å². The summed E-state index contributed by atoms with van der Waals surface area (Å²) in [4.78, 5) is 0. The topological polar surface area (TPSA) is 0 Å². The van der Waals surface area contributed by atoms with Crippen LogP contribution in [0, 0.1) is 0 Å². The van der Waals surface area contributed by atoms with Crippen LogP contribution in [0.1, 0.15) is 5.56 Å². The second-order valence-electron chi connectivity index (χ2n) is 3.42. The predicted octanol–water partition coefficient (Wildman–Crippen LogP) is 0.454. The molecule has 74 valence electrons. The summed E-state index contributed by atoms with van der Waals surface area (Å²) >= 11 is 4.78. The Morgan fingerprint density at radius 3 is 2.23 bits per heavy atom. The number of aryl methyl sites for hydroxylation is 1. The highest BCUT2D eigenvalue weighted by Gasteiger charge is 1.95. The lowest BCUT2D eigenvalue weighted by Gasteiger charge is -2.02. The van der Waals surface area contributed by atoms with Gasteiger partial charge in [0.15, 0.2) is 0 Å². The molecule has 1 aromatic rings. The van der Waals surface area contributed by atoms with E-state index in [-0.39, 0.29) is 8.31 Å². The van der Waals surface area contributed by atoms with Crippen molar-refractivity contribution < 1.29 is 0 Å². The van der Waals surface area contributed by atoms with Crippen molar-refractivity contribution in [2.45, 2.75) is 19.0 Å². The number of hydrogen-bond acceptors (Lipinski definition) is 0. The highest BCUT2D eigenvalue weighted by Crippen LogP contribution is 2.03. The van der Waals surface area contributed by atoms with Crippen molar-refractivity contribution in [3.05, 3.63) is 35.9 Å². The van der Waals surface area contributed by atoms with Crippen molar-refractivity contribution in [2.75, 3.05) is 0 Å². The van der Waals surface area contributed by atoms with E-state index in [0.29, 0.717) is 0 Å². The third kappa shape index (κ3) is 7.25. The van der Waals surface area contributed by atoms with Crippen LogP contribution >= 0.6 is 11.1 Å². The zero-order valence-electron chi connectivity index (χ0n) is 8.76. The molecule has 0 nitrogen and oxygen atoms in total. The number of rotatable bonds is 3. The largest absolute Gasteiger partial charge is 0.181 e. The number of hydrogen-bond donors (Lipinski definition) is 0. The standard InChI is InChI=1S/C9H16Si2.ClH3Si/c1-11(10)8-7-9-5-3-2-4-6-9;1-2/h2-6,11H,7-8H2,1,10H3;2H3. The minimum atomic E-state index is -0.201. The van der Waals surface area contributed by atoms with Crippen LogP contribution in [0.15, 0.2) is 30.3 Å². The molecule has 0 aliphatic carbocycles. The Bertz CT molecular complexity index is 201. The van der Waals surface area contributed by atoms with Gasteiger partial charge in [-0.25, -0.2) is 0 Å². The molecular weight excluding hydrogens is 228 g/mol. The van der Waals surface area contributed by atoms with Crippen LogP contribution < -0.4 is 0 Å². The Balaban J connectivity index is 0.000000671. The molecule has 0 fully saturated rings. The van der Waals surface area contributed by atoms with Gasteiger partial charge in [-0.05, 0) is 21.7 Å². The molecule has 1 rings (SSSR count). The molecule has 4 heteroatoms. The molecule has 0 heterocycles. The van der Waals surface area contributed by atoms with Crippen LogP contribution in [0.3, 0.4) is 0 Å². The quantitative estimate of drug-likeness (QED) is 0.537. The van der Waals surface area contributed by atoms with Crippen LogP contribution in [0.25, 0.3) is 0 Å². The van der Waals surface area contributed by atoms with Gasteiger partial charge >= 0.3 is 0 Å². The lowest BCUT2D eigenvalue weighted by molar-refractivity contribution is 1.12. The normalized spacial score (nSPS) is 11.8. The number of benzene rings is 1. The van der Waals surface area contributed by atoms with Gasteiger partial charge in [-0.15, -0.1) is 0 Å². The van der Waals surface area contributed by atoms with Gasteiger partial charge in [-0.3, -0.25) is 0 Å². The first-order chi connectivity index (χ1) is 6.29. The van der Waals surface area contributed by atoms with E-state index in [2.05, 4.69) is 36.9 Å². The Morgan fingerprint density at radius 2 is 1.77 bits per heavy atom. The van der Waals surface area contributed by atoms with E-state index in [4.69, 9.17) is 11.1 Å². The van der Waals surface area contributed by atoms with Crippen LogP contribution in [-0.2, 0) is 6.42 Å². The van der Waals surface area contributed by atoms with Crippen molar-refractivity contribution in [1.82, 2.24) is 0 Å². The van der Waals surface area contributed by atoms with Gasteiger partial charge < -0.3 is 0 Å². The van der Waals surface area contributed by atoms with E-state index in [9.17, 15) is 0 Å². The maximum absolute atomic E-state index is 4.78. The van der Waals surface area contributed by atoms with E-state index in [0.717, 1.165) is 9.55 Å². The molecule has 1 atom stereocenters. The molecule has 0 amide bonds. The third-order valence-corrected chi connectivity index (χ3v) is 5.03. The maximum Gasteiger partial charge on any atom is 0.109 e. The molecule has 0 N–H and O–H groups in total. The van der Waals surface area contributed by atoms with E-state index < -0.39 is 0 Å². The molecular formula is C9H19ClSi3. The van der Waals surface area contributed by atoms with Gasteiger partial charge in [-0.2, -0.15) is 11.1 Å². The van der Waals surface area contributed by atoms with E-state index in [1.165, 1.54) is 27.8 Å². The first-order valence-electron chi connectivity index (χ1n) is 4.71. The molecule has 0 aliphatic heterocycles. The van der Waals surface area contributed by atoms with Gasteiger partial charge in [0, 0.05) is 8.31 Å². The molecule has 1 unspecified atom stereocenters. The van der Waals surface area contributed by atoms with Crippen molar-refractivity contribution in [2.24, 2.45) is 0 Å². The Labute approximate surface area is 93.6 Å². The molecule has 0 aliphatic rings. The van der Waals surface area contributed by atoms with Crippen LogP contribution in [-0.4, -0.2) is 27.6 Å². The fourth-order valence-corrected chi connectivity index (χ4v) is 2.88. The molecule has 0 spiro atoms. The summed E-state index contributed by atoms with van der Waals surface area (Å²) in [6.07, 6.45) is 1.32. The summed E-state index contributed by atoms with van der Waals surface area (Å²) in [6.45, 7) is 2.47. The predicted molar refractivity (Wildman–Crippen MR) is 73.7 cm³/mol. The zero-order chi connectivity index (χ0) is 10.1. The third-order valence-electron chi connectivity index (χ3n) is 1.85. The van der Waals surface area contributed by atoms with Gasteiger partial charge in [0.1, 0.15) is 9.55 Å². The maximum atomic E-state index is 4.78. The molecule has 0 saturated heterocycles. The highest BCUT2D eigenvalue weighted by molar-refractivity contribution is 7.02. The van der Waals surface area contributed by atoms with Gasteiger partial charge in [-0.1, -0.05) is 42.9 Å². The second-order valence-corrected chi connectivity index (χ2v) is 12.7. The highest BCUT2D eigenvalue weighted by atomic mass is 35.6. The molecule has 0 aromatic heterocycles. The minimum Gasteiger partial charge on any atom is -0.181 e. The smallest absolute Gasteiger partial charge is 0.109 e. The Kier molecular flexibility index (Phi) is 8.85. The van der Waals surface area contributed by atoms with Crippen LogP contribution in [0.5, 0.6) is 0 Å². The fourth-order valence-electron chi connectivity index (χ4n) is 1.10. The summed E-state index contributed by atoms with van der Waals surface area (Å²) in [5.41, 5.74) is 1.52. The average molecular weight is 247 g/mol. The minimum absolute atomic E-state index is 0.201. The number of halogens is 1. The molecule has 13 heavy (non-hydrogen) atoms. The van der Waals surface area contributed by atoms with Crippen LogP contribution in [0.2, 0.25) is 12.6 Å². The first kappa shape index (κ1) is 13.2. The fraction of sp³-hybridized carbons (Fsp3) is 0.333. The SMILES string of the molecule is C[SiH]([SiH3])CCc1ccccc1.[SiH3]Cl. The van der Waals surface area contributed by atoms with Gasteiger partial charge in [0.25, 0.3) is 0 Å². The van der Waals surface area contributed by atoms with Crippen molar-refractivity contribution >= 4 is 38.7 Å². The summed E-state index contributed by atoms with van der Waals surface area (Å²) < 4.78 is 0. The van der Waals surface area contributed by atoms with E-state index >= 15 is 0 Å².